The van der Waals surface area contributed by atoms with Crippen LogP contribution in [0.2, 0.25) is 0 Å². The minimum absolute atomic E-state index is 0.0839. The van der Waals surface area contributed by atoms with Crippen molar-refractivity contribution < 1.29 is 14.6 Å². The van der Waals surface area contributed by atoms with Crippen LogP contribution >= 0.6 is 0 Å². The molecule has 11 heteroatoms. The third kappa shape index (κ3) is 3.99. The van der Waals surface area contributed by atoms with Crippen molar-refractivity contribution in [3.63, 3.8) is 0 Å². The van der Waals surface area contributed by atoms with E-state index >= 15 is 0 Å². The van der Waals surface area contributed by atoms with E-state index in [1.165, 1.54) is 0 Å². The van der Waals surface area contributed by atoms with Crippen molar-refractivity contribution in [3.8, 4) is 0 Å². The van der Waals surface area contributed by atoms with Crippen LogP contribution in [0.4, 0.5) is 0 Å². The van der Waals surface area contributed by atoms with Gasteiger partial charge in [0.25, 0.3) is 5.56 Å². The number of carbonyl (C=O) groups excluding carboxylic acids is 1. The third-order valence-electron chi connectivity index (χ3n) is 5.39. The first kappa shape index (κ1) is 21.9. The number of nitrogens with one attached hydrogen (secondary N) is 2. The number of rotatable bonds is 5. The average Bonchev–Trinajstić information content (AvgIpc) is 3.47. The minimum atomic E-state index is -0.845. The van der Waals surface area contributed by atoms with Gasteiger partial charge in [-0.25, -0.2) is 9.79 Å². The number of aliphatic hydroxyl groups is 1. The van der Waals surface area contributed by atoms with Gasteiger partial charge in [-0.15, -0.1) is 20.4 Å². The Bertz CT molecular complexity index is 1600. The van der Waals surface area contributed by atoms with E-state index in [0.717, 1.165) is 5.56 Å². The van der Waals surface area contributed by atoms with Crippen LogP contribution in [-0.4, -0.2) is 39.6 Å². The molecule has 0 saturated heterocycles. The number of aliphatic hydroxyl groups excluding tert-OH is 1. The normalized spacial score (nSPS) is 17.2. The van der Waals surface area contributed by atoms with E-state index in [1.807, 2.05) is 30.3 Å². The summed E-state index contributed by atoms with van der Waals surface area (Å²) in [5.41, 5.74) is 1.33. The van der Waals surface area contributed by atoms with Crippen molar-refractivity contribution in [3.05, 3.63) is 98.5 Å². The van der Waals surface area contributed by atoms with Gasteiger partial charge in [0.1, 0.15) is 5.92 Å². The minimum Gasteiger partial charge on any atom is -0.505 e. The quantitative estimate of drug-likeness (QED) is 0.225. The van der Waals surface area contributed by atoms with Crippen LogP contribution in [0.3, 0.4) is 0 Å². The molecule has 35 heavy (non-hydrogen) atoms. The molecule has 174 valence electrons. The van der Waals surface area contributed by atoms with Gasteiger partial charge in [0.2, 0.25) is 5.70 Å². The molecule has 1 atom stereocenters. The van der Waals surface area contributed by atoms with Gasteiger partial charge in [0, 0.05) is 5.56 Å². The maximum Gasteiger partial charge on any atom is 0.362 e. The predicted octanol–water partition coefficient (Wildman–Crippen LogP) is 1.82. The maximum atomic E-state index is 12.6. The number of H-pyrrole nitrogens is 2. The van der Waals surface area contributed by atoms with Crippen LogP contribution in [0.15, 0.2) is 96.6 Å². The number of aromatic nitrogens is 2. The molecule has 2 aliphatic rings. The standard InChI is InChI=1S/C24H19N7O4/c1-2-35-24(34)18(19(32)14-11-7-4-8-12-14)26-29-22-16-15(13-9-5-3-6-10-13)17-21(28-31-23(17)33)25-20(16)27-30-22/h3-12,16,32H,2H2,1H3,(H,31,33)(H,25,27,28)/b19-18+,29-26?. The molecule has 1 unspecified atom stereocenters. The summed E-state index contributed by atoms with van der Waals surface area (Å²) in [6.07, 6.45) is 0. The molecule has 0 bridgehead atoms. The van der Waals surface area contributed by atoms with Crippen LogP contribution in [0, 0.1) is 5.92 Å². The van der Waals surface area contributed by atoms with Gasteiger partial charge in [0.15, 0.2) is 22.9 Å². The van der Waals surface area contributed by atoms with Crippen molar-refractivity contribution in [2.75, 3.05) is 6.61 Å². The lowest BCUT2D eigenvalue weighted by molar-refractivity contribution is -0.138. The summed E-state index contributed by atoms with van der Waals surface area (Å²) in [7, 11) is 0. The fourth-order valence-corrected chi connectivity index (χ4v) is 3.84. The Hall–Kier alpha value is -4.93. The highest BCUT2D eigenvalue weighted by Crippen LogP contribution is 2.29. The molecule has 2 aliphatic heterocycles. The van der Waals surface area contributed by atoms with Crippen molar-refractivity contribution in [1.82, 2.24) is 10.2 Å². The molecular formula is C24H19N7O4. The second-order valence-corrected chi connectivity index (χ2v) is 7.53. The van der Waals surface area contributed by atoms with E-state index in [9.17, 15) is 14.7 Å². The topological polar surface area (TPSA) is 157 Å². The lowest BCUT2D eigenvalue weighted by Gasteiger charge is -2.17. The fraction of sp³-hybridized carbons (Fsp3) is 0.125. The smallest absolute Gasteiger partial charge is 0.362 e. The van der Waals surface area contributed by atoms with Crippen LogP contribution in [0.1, 0.15) is 18.1 Å². The second kappa shape index (κ2) is 9.14. The molecule has 0 radical (unpaired) electrons. The first-order valence-corrected chi connectivity index (χ1v) is 10.8. The van der Waals surface area contributed by atoms with E-state index in [0.29, 0.717) is 27.7 Å². The molecule has 3 aromatic rings. The Morgan fingerprint density at radius 2 is 1.77 bits per heavy atom. The summed E-state index contributed by atoms with van der Waals surface area (Å²) in [5, 5.41) is 32.8. The summed E-state index contributed by atoms with van der Waals surface area (Å²) in [4.78, 5) is 29.6. The number of amidine groups is 2. The van der Waals surface area contributed by atoms with E-state index in [4.69, 9.17) is 4.74 Å². The predicted molar refractivity (Wildman–Crippen MR) is 127 cm³/mol. The number of hydrogen-bond donors (Lipinski definition) is 3. The van der Waals surface area contributed by atoms with E-state index < -0.39 is 17.6 Å². The van der Waals surface area contributed by atoms with Gasteiger partial charge in [-0.05, 0) is 18.1 Å². The van der Waals surface area contributed by atoms with Crippen LogP contribution in [-0.2, 0) is 9.53 Å². The molecule has 0 saturated carbocycles. The van der Waals surface area contributed by atoms with Crippen LogP contribution in [0.5, 0.6) is 0 Å². The Morgan fingerprint density at radius 3 is 2.49 bits per heavy atom. The van der Waals surface area contributed by atoms with Crippen molar-refractivity contribution >= 4 is 29.0 Å². The van der Waals surface area contributed by atoms with E-state index in [-0.39, 0.29) is 23.7 Å². The molecular weight excluding hydrogens is 450 g/mol. The SMILES string of the molecule is CCOC(=O)/C(N=NC1=NN=C2N=c3[nH][nH]c(=O)c3=C(c3ccccc3)C12)=C(\O)c1ccccc1. The Labute approximate surface area is 197 Å². The number of hydrogen-bond acceptors (Lipinski definition) is 9. The Kier molecular flexibility index (Phi) is 5.71. The highest BCUT2D eigenvalue weighted by molar-refractivity contribution is 6.18. The molecule has 0 spiro atoms. The number of azo groups is 1. The van der Waals surface area contributed by atoms with Crippen LogP contribution in [0.25, 0.3) is 11.3 Å². The van der Waals surface area contributed by atoms with Crippen LogP contribution < -0.4 is 16.3 Å². The molecule has 0 fully saturated rings. The summed E-state index contributed by atoms with van der Waals surface area (Å²) in [6, 6.07) is 17.7. The summed E-state index contributed by atoms with van der Waals surface area (Å²) in [5.74, 6) is -1.52. The Balaban J connectivity index is 1.61. The third-order valence-corrected chi connectivity index (χ3v) is 5.39. The number of fused-ring (bicyclic) bond motifs is 2. The zero-order valence-electron chi connectivity index (χ0n) is 18.5. The molecule has 11 nitrogen and oxygen atoms in total. The average molecular weight is 469 g/mol. The highest BCUT2D eigenvalue weighted by atomic mass is 16.5. The van der Waals surface area contributed by atoms with Gasteiger partial charge < -0.3 is 9.84 Å². The molecule has 3 heterocycles. The monoisotopic (exact) mass is 469 g/mol. The maximum absolute atomic E-state index is 12.6. The van der Waals surface area contributed by atoms with Crippen molar-refractivity contribution in [2.45, 2.75) is 6.92 Å². The van der Waals surface area contributed by atoms with E-state index in [1.54, 1.807) is 37.3 Å². The zero-order chi connectivity index (χ0) is 24.4. The summed E-state index contributed by atoms with van der Waals surface area (Å²) < 4.78 is 5.06. The number of aromatic amines is 2. The Morgan fingerprint density at radius 1 is 1.06 bits per heavy atom. The van der Waals surface area contributed by atoms with Gasteiger partial charge in [0.05, 0.1) is 11.8 Å². The fourth-order valence-electron chi connectivity index (χ4n) is 3.84. The second-order valence-electron chi connectivity index (χ2n) is 7.53. The van der Waals surface area contributed by atoms with Gasteiger partial charge in [-0.1, -0.05) is 60.7 Å². The molecule has 3 N–H and O–H groups in total. The molecule has 0 aliphatic carbocycles. The van der Waals surface area contributed by atoms with Gasteiger partial charge in [-0.2, -0.15) is 0 Å². The molecule has 2 aromatic carbocycles. The zero-order valence-corrected chi connectivity index (χ0v) is 18.5. The first-order chi connectivity index (χ1) is 17.1. The molecule has 1 aromatic heterocycles. The number of nitrogens with zero attached hydrogens (tertiary/aromatic N) is 5. The van der Waals surface area contributed by atoms with Crippen molar-refractivity contribution in [1.29, 1.82) is 0 Å². The first-order valence-electron chi connectivity index (χ1n) is 10.8. The molecule has 5 rings (SSSR count). The highest BCUT2D eigenvalue weighted by Gasteiger charge is 2.36. The lowest BCUT2D eigenvalue weighted by atomic mass is 9.88. The summed E-state index contributed by atoms with van der Waals surface area (Å²) >= 11 is 0. The summed E-state index contributed by atoms with van der Waals surface area (Å²) in [6.45, 7) is 1.73. The number of carbonyl (C=O) groups is 1. The van der Waals surface area contributed by atoms with Crippen molar-refractivity contribution in [2.24, 2.45) is 31.3 Å². The largest absolute Gasteiger partial charge is 0.505 e. The number of benzene rings is 2. The number of ether oxygens (including phenoxy) is 1. The van der Waals surface area contributed by atoms with E-state index in [2.05, 4.69) is 35.6 Å². The van der Waals surface area contributed by atoms with Gasteiger partial charge >= 0.3 is 5.97 Å². The lowest BCUT2D eigenvalue weighted by Crippen LogP contribution is -2.44. The molecule has 0 amide bonds. The number of esters is 1. The van der Waals surface area contributed by atoms with Gasteiger partial charge in [-0.3, -0.25) is 15.0 Å².